The van der Waals surface area contributed by atoms with Crippen molar-refractivity contribution in [2.24, 2.45) is 0 Å². The quantitative estimate of drug-likeness (QED) is 0.679. The van der Waals surface area contributed by atoms with Crippen molar-refractivity contribution >= 4 is 0 Å². The summed E-state index contributed by atoms with van der Waals surface area (Å²) in [6.45, 7) is 9.07. The molecule has 0 aliphatic carbocycles. The van der Waals surface area contributed by atoms with Gasteiger partial charge in [-0.1, -0.05) is 24.2 Å². The van der Waals surface area contributed by atoms with Crippen LogP contribution in [0.2, 0.25) is 0 Å². The van der Waals surface area contributed by atoms with Crippen molar-refractivity contribution in [2.75, 3.05) is 13.1 Å². The molecule has 1 aromatic heterocycles. The molecule has 4 nitrogen and oxygen atoms in total. The zero-order valence-corrected chi connectivity index (χ0v) is 7.87. The van der Waals surface area contributed by atoms with E-state index in [9.17, 15) is 0 Å². The normalized spacial score (nSPS) is 11.0. The first kappa shape index (κ1) is 9.19. The van der Waals surface area contributed by atoms with Gasteiger partial charge in [0.2, 0.25) is 0 Å². The summed E-state index contributed by atoms with van der Waals surface area (Å²) in [5, 5.41) is 7.55. The van der Waals surface area contributed by atoms with Crippen LogP contribution < -0.4 is 0 Å². The highest BCUT2D eigenvalue weighted by Crippen LogP contribution is 2.04. The van der Waals surface area contributed by atoms with E-state index in [1.807, 2.05) is 6.92 Å². The van der Waals surface area contributed by atoms with E-state index in [2.05, 4.69) is 33.7 Å². The summed E-state index contributed by atoms with van der Waals surface area (Å²) in [5.41, 5.74) is 1.83. The minimum absolute atomic E-state index is 0.836. The molecule has 0 saturated heterocycles. The largest absolute Gasteiger partial charge is 0.298 e. The molecule has 0 saturated carbocycles. The van der Waals surface area contributed by atoms with E-state index in [1.54, 1.807) is 0 Å². The molecule has 0 bridgehead atoms. The van der Waals surface area contributed by atoms with Gasteiger partial charge in [0.25, 0.3) is 0 Å². The molecule has 0 radical (unpaired) electrons. The second-order valence-electron chi connectivity index (χ2n) is 2.76. The van der Waals surface area contributed by atoms with Crippen LogP contribution in [0.3, 0.4) is 0 Å². The van der Waals surface area contributed by atoms with Crippen LogP contribution in [0, 0.1) is 6.92 Å². The van der Waals surface area contributed by atoms with Gasteiger partial charge >= 0.3 is 0 Å². The van der Waals surface area contributed by atoms with E-state index in [0.29, 0.717) is 0 Å². The average Bonchev–Trinajstić information content (AvgIpc) is 2.47. The van der Waals surface area contributed by atoms with Crippen LogP contribution in [0.25, 0.3) is 0 Å². The van der Waals surface area contributed by atoms with Crippen LogP contribution >= 0.6 is 0 Å². The number of aryl methyl sites for hydroxylation is 1. The third-order valence-corrected chi connectivity index (χ3v) is 2.01. The van der Waals surface area contributed by atoms with E-state index in [1.165, 1.54) is 0 Å². The summed E-state index contributed by atoms with van der Waals surface area (Å²) < 4.78 is 4.61. The second-order valence-corrected chi connectivity index (χ2v) is 2.76. The molecule has 1 rings (SSSR count). The van der Waals surface area contributed by atoms with Gasteiger partial charge in [0.15, 0.2) is 0 Å². The van der Waals surface area contributed by atoms with Crippen LogP contribution in [0.5, 0.6) is 0 Å². The predicted molar refractivity (Wildman–Crippen MR) is 45.7 cm³/mol. The van der Waals surface area contributed by atoms with E-state index in [-0.39, 0.29) is 0 Å². The Hall–Kier alpha value is -0.900. The Bertz CT molecular complexity index is 230. The van der Waals surface area contributed by atoms with Gasteiger partial charge in [-0.05, 0) is 20.0 Å². The van der Waals surface area contributed by atoms with Gasteiger partial charge in [-0.15, -0.1) is 0 Å². The maximum absolute atomic E-state index is 4.61. The van der Waals surface area contributed by atoms with Crippen molar-refractivity contribution < 1.29 is 4.63 Å². The van der Waals surface area contributed by atoms with Crippen molar-refractivity contribution in [3.63, 3.8) is 0 Å². The Kier molecular flexibility index (Phi) is 3.22. The molecule has 12 heavy (non-hydrogen) atoms. The molecule has 1 aromatic rings. The number of hydrogen-bond acceptors (Lipinski definition) is 4. The number of aromatic nitrogens is 2. The highest BCUT2D eigenvalue weighted by Gasteiger charge is 2.08. The SMILES string of the molecule is CCN(CC)Cc1nonc1C. The zero-order valence-electron chi connectivity index (χ0n) is 7.87. The van der Waals surface area contributed by atoms with E-state index in [0.717, 1.165) is 31.0 Å². The fourth-order valence-corrected chi connectivity index (χ4v) is 1.05. The predicted octanol–water partition coefficient (Wildman–Crippen LogP) is 1.22. The van der Waals surface area contributed by atoms with Crippen molar-refractivity contribution in [3.8, 4) is 0 Å². The van der Waals surface area contributed by atoms with Crippen molar-refractivity contribution in [2.45, 2.75) is 27.3 Å². The summed E-state index contributed by atoms with van der Waals surface area (Å²) in [4.78, 5) is 2.27. The Morgan fingerprint density at radius 3 is 2.33 bits per heavy atom. The molecule has 1 heterocycles. The lowest BCUT2D eigenvalue weighted by molar-refractivity contribution is 0.269. The Labute approximate surface area is 72.5 Å². The minimum Gasteiger partial charge on any atom is -0.298 e. The van der Waals surface area contributed by atoms with Crippen molar-refractivity contribution in [1.82, 2.24) is 15.2 Å². The van der Waals surface area contributed by atoms with Gasteiger partial charge in [-0.3, -0.25) is 4.90 Å². The van der Waals surface area contributed by atoms with Crippen molar-refractivity contribution in [3.05, 3.63) is 11.4 Å². The lowest BCUT2D eigenvalue weighted by atomic mass is 10.3. The molecule has 0 atom stereocenters. The van der Waals surface area contributed by atoms with Crippen LogP contribution in [-0.4, -0.2) is 28.3 Å². The first-order chi connectivity index (χ1) is 5.77. The molecule has 0 spiro atoms. The van der Waals surface area contributed by atoms with Gasteiger partial charge in [0.05, 0.1) is 0 Å². The minimum atomic E-state index is 0.836. The second kappa shape index (κ2) is 4.21. The van der Waals surface area contributed by atoms with E-state index >= 15 is 0 Å². The van der Waals surface area contributed by atoms with Gasteiger partial charge in [0, 0.05) is 6.54 Å². The molecule has 0 N–H and O–H groups in total. The molecular formula is C8H15N3O. The zero-order chi connectivity index (χ0) is 8.97. The first-order valence-electron chi connectivity index (χ1n) is 4.28. The molecule has 0 fully saturated rings. The molecule has 0 aliphatic rings. The molecule has 0 amide bonds. The third-order valence-electron chi connectivity index (χ3n) is 2.01. The van der Waals surface area contributed by atoms with Crippen molar-refractivity contribution in [1.29, 1.82) is 0 Å². The monoisotopic (exact) mass is 169 g/mol. The Balaban J connectivity index is 2.56. The smallest absolute Gasteiger partial charge is 0.122 e. The standard InChI is InChI=1S/C8H15N3O/c1-4-11(5-2)6-8-7(3)9-12-10-8/h4-6H2,1-3H3. The van der Waals surface area contributed by atoms with Gasteiger partial charge in [-0.25, -0.2) is 4.63 Å². The topological polar surface area (TPSA) is 42.2 Å². The summed E-state index contributed by atoms with van der Waals surface area (Å²) >= 11 is 0. The fraction of sp³-hybridized carbons (Fsp3) is 0.750. The number of rotatable bonds is 4. The highest BCUT2D eigenvalue weighted by atomic mass is 16.6. The van der Waals surface area contributed by atoms with Crippen LogP contribution in [0.1, 0.15) is 25.2 Å². The summed E-state index contributed by atoms with van der Waals surface area (Å²) in [5.74, 6) is 0. The van der Waals surface area contributed by atoms with E-state index in [4.69, 9.17) is 0 Å². The van der Waals surface area contributed by atoms with Gasteiger partial charge < -0.3 is 0 Å². The molecule has 4 heteroatoms. The molecule has 68 valence electrons. The first-order valence-corrected chi connectivity index (χ1v) is 4.28. The van der Waals surface area contributed by atoms with Gasteiger partial charge in [0.1, 0.15) is 11.4 Å². The molecule has 0 aliphatic heterocycles. The van der Waals surface area contributed by atoms with Crippen LogP contribution in [0.4, 0.5) is 0 Å². The molecule has 0 unspecified atom stereocenters. The van der Waals surface area contributed by atoms with Gasteiger partial charge in [-0.2, -0.15) is 0 Å². The maximum atomic E-state index is 4.61. The number of nitrogens with zero attached hydrogens (tertiary/aromatic N) is 3. The van der Waals surface area contributed by atoms with Crippen LogP contribution in [-0.2, 0) is 6.54 Å². The molecular weight excluding hydrogens is 154 g/mol. The van der Waals surface area contributed by atoms with E-state index < -0.39 is 0 Å². The lowest BCUT2D eigenvalue weighted by Crippen LogP contribution is -2.22. The Morgan fingerprint density at radius 2 is 1.92 bits per heavy atom. The Morgan fingerprint density at radius 1 is 1.25 bits per heavy atom. The fourth-order valence-electron chi connectivity index (χ4n) is 1.05. The average molecular weight is 169 g/mol. The number of hydrogen-bond donors (Lipinski definition) is 0. The summed E-state index contributed by atoms with van der Waals surface area (Å²) in [6.07, 6.45) is 0. The summed E-state index contributed by atoms with van der Waals surface area (Å²) in [6, 6.07) is 0. The lowest BCUT2D eigenvalue weighted by Gasteiger charge is -2.15. The highest BCUT2D eigenvalue weighted by molar-refractivity contribution is 5.03. The molecule has 0 aromatic carbocycles. The van der Waals surface area contributed by atoms with Crippen LogP contribution in [0.15, 0.2) is 4.63 Å². The maximum Gasteiger partial charge on any atom is 0.122 e. The third kappa shape index (κ3) is 2.04. The summed E-state index contributed by atoms with van der Waals surface area (Å²) in [7, 11) is 0.